The minimum Gasteiger partial charge on any atom is -0.494 e. The van der Waals surface area contributed by atoms with Crippen molar-refractivity contribution < 1.29 is 23.5 Å². The highest BCUT2D eigenvalue weighted by molar-refractivity contribution is 7.17. The highest BCUT2D eigenvalue weighted by atomic mass is 35.5. The lowest BCUT2D eigenvalue weighted by Crippen LogP contribution is -2.29. The van der Waals surface area contributed by atoms with Crippen LogP contribution in [0, 0.1) is 6.92 Å². The molecule has 5 rings (SSSR count). The summed E-state index contributed by atoms with van der Waals surface area (Å²) in [5.41, 5.74) is 1.15. The highest BCUT2D eigenvalue weighted by Crippen LogP contribution is 2.44. The van der Waals surface area contributed by atoms with E-state index in [0.29, 0.717) is 28.6 Å². The number of carbonyl (C=O) groups is 2. The number of thiazole rings is 1. The van der Waals surface area contributed by atoms with Gasteiger partial charge in [0, 0.05) is 5.02 Å². The molecule has 0 N–H and O–H groups in total. The summed E-state index contributed by atoms with van der Waals surface area (Å²) in [6.45, 7) is 6.23. The van der Waals surface area contributed by atoms with Crippen molar-refractivity contribution in [1.29, 1.82) is 0 Å². The number of amides is 1. The van der Waals surface area contributed by atoms with Crippen LogP contribution in [0.2, 0.25) is 5.02 Å². The molecule has 2 aromatic heterocycles. The molecule has 0 saturated carbocycles. The van der Waals surface area contributed by atoms with Crippen LogP contribution in [0.3, 0.4) is 0 Å². The quantitative estimate of drug-likeness (QED) is 0.186. The molecular formula is C28H25ClN2O6S. The van der Waals surface area contributed by atoms with Gasteiger partial charge in [-0.3, -0.25) is 14.5 Å². The molecule has 8 nitrogen and oxygen atoms in total. The van der Waals surface area contributed by atoms with E-state index in [4.69, 9.17) is 25.5 Å². The van der Waals surface area contributed by atoms with Crippen LogP contribution in [0.15, 0.2) is 51.7 Å². The van der Waals surface area contributed by atoms with Gasteiger partial charge in [-0.25, -0.2) is 9.78 Å². The molecule has 0 spiro atoms. The molecule has 1 unspecified atom stereocenters. The van der Waals surface area contributed by atoms with Gasteiger partial charge < -0.3 is 13.9 Å². The summed E-state index contributed by atoms with van der Waals surface area (Å²) in [6.07, 6.45) is 1.88. The van der Waals surface area contributed by atoms with Crippen LogP contribution in [0.25, 0.3) is 11.0 Å². The Morgan fingerprint density at radius 3 is 2.76 bits per heavy atom. The number of unbranched alkanes of at least 4 members (excludes halogenated alkanes) is 1. The van der Waals surface area contributed by atoms with Crippen molar-refractivity contribution in [3.05, 3.63) is 85.2 Å². The van der Waals surface area contributed by atoms with Crippen LogP contribution in [0.4, 0.5) is 5.13 Å². The second-order valence-electron chi connectivity index (χ2n) is 8.80. The van der Waals surface area contributed by atoms with E-state index < -0.39 is 17.9 Å². The van der Waals surface area contributed by atoms with Gasteiger partial charge in [0.05, 0.1) is 35.9 Å². The molecule has 1 aliphatic heterocycles. The van der Waals surface area contributed by atoms with Crippen molar-refractivity contribution in [2.75, 3.05) is 18.1 Å². The molecule has 0 bridgehead atoms. The predicted molar refractivity (Wildman–Crippen MR) is 146 cm³/mol. The fourth-order valence-corrected chi connectivity index (χ4v) is 5.60. The summed E-state index contributed by atoms with van der Waals surface area (Å²) in [6, 6.07) is 11.1. The lowest BCUT2D eigenvalue weighted by atomic mass is 9.98. The van der Waals surface area contributed by atoms with Crippen molar-refractivity contribution in [2.24, 2.45) is 0 Å². The van der Waals surface area contributed by atoms with Crippen molar-refractivity contribution in [3.63, 3.8) is 0 Å². The number of ether oxygens (including phenoxy) is 2. The first-order valence-electron chi connectivity index (χ1n) is 12.3. The summed E-state index contributed by atoms with van der Waals surface area (Å²) < 4.78 is 17.1. The first-order chi connectivity index (χ1) is 18.3. The summed E-state index contributed by atoms with van der Waals surface area (Å²) in [4.78, 5) is 46.4. The molecule has 1 amide bonds. The molecule has 1 atom stereocenters. The van der Waals surface area contributed by atoms with Crippen LogP contribution in [-0.4, -0.2) is 30.1 Å². The summed E-state index contributed by atoms with van der Waals surface area (Å²) in [5, 5.41) is 0.906. The normalized spacial score (nSPS) is 14.7. The summed E-state index contributed by atoms with van der Waals surface area (Å²) in [5.74, 6) is -0.499. The van der Waals surface area contributed by atoms with Crippen LogP contribution in [-0.2, 0) is 4.74 Å². The Hall–Kier alpha value is -3.69. The zero-order chi connectivity index (χ0) is 27.0. The van der Waals surface area contributed by atoms with E-state index in [2.05, 4.69) is 11.9 Å². The summed E-state index contributed by atoms with van der Waals surface area (Å²) >= 11 is 7.21. The molecule has 4 aromatic rings. The van der Waals surface area contributed by atoms with Gasteiger partial charge >= 0.3 is 5.97 Å². The molecule has 0 radical (unpaired) electrons. The SMILES string of the molecule is CCCCOc1cccc(C2c3c(oc4ccc(Cl)cc4c3=O)C(=O)N2c2nc(C)c(C(=O)OCC)s2)c1. The third kappa shape index (κ3) is 4.56. The van der Waals surface area contributed by atoms with Gasteiger partial charge in [0.15, 0.2) is 10.6 Å². The molecule has 2 aromatic carbocycles. The van der Waals surface area contributed by atoms with E-state index in [9.17, 15) is 14.4 Å². The number of esters is 1. The standard InChI is InChI=1S/C28H25ClN2O6S/c1-4-6-12-36-18-9-7-8-16(13-18)22-21-23(32)19-14-17(29)10-11-20(19)37-24(21)26(33)31(22)28-30-15(3)25(38-28)27(34)35-5-2/h7-11,13-14,22H,4-6,12H2,1-3H3. The first-order valence-corrected chi connectivity index (χ1v) is 13.5. The molecule has 38 heavy (non-hydrogen) atoms. The average Bonchev–Trinajstić information content (AvgIpc) is 3.42. The predicted octanol–water partition coefficient (Wildman–Crippen LogP) is 6.32. The number of halogens is 1. The number of anilines is 1. The number of benzene rings is 2. The fraction of sp³-hybridized carbons (Fsp3) is 0.286. The molecular weight excluding hydrogens is 528 g/mol. The molecule has 0 aliphatic carbocycles. The number of fused-ring (bicyclic) bond motifs is 2. The van der Waals surface area contributed by atoms with Crippen molar-refractivity contribution in [2.45, 2.75) is 39.7 Å². The fourth-order valence-electron chi connectivity index (χ4n) is 4.44. The van der Waals surface area contributed by atoms with Crippen LogP contribution in [0.5, 0.6) is 5.75 Å². The first kappa shape index (κ1) is 25.9. The number of hydrogen-bond donors (Lipinski definition) is 0. The smallest absolute Gasteiger partial charge is 0.350 e. The van der Waals surface area contributed by atoms with Crippen molar-refractivity contribution >= 4 is 50.9 Å². The van der Waals surface area contributed by atoms with Gasteiger partial charge in [-0.15, -0.1) is 0 Å². The number of aromatic nitrogens is 1. The maximum Gasteiger partial charge on any atom is 0.350 e. The lowest BCUT2D eigenvalue weighted by molar-refractivity contribution is 0.0531. The van der Waals surface area contributed by atoms with Crippen LogP contribution in [0.1, 0.15) is 69.8 Å². The molecule has 3 heterocycles. The molecule has 0 fully saturated rings. The van der Waals surface area contributed by atoms with Gasteiger partial charge in [-0.2, -0.15) is 0 Å². The monoisotopic (exact) mass is 552 g/mol. The Kier molecular flexibility index (Phi) is 7.23. The van der Waals surface area contributed by atoms with E-state index >= 15 is 0 Å². The second-order valence-corrected chi connectivity index (χ2v) is 10.2. The van der Waals surface area contributed by atoms with E-state index in [1.807, 2.05) is 24.3 Å². The average molecular weight is 553 g/mol. The number of aryl methyl sites for hydroxylation is 1. The molecule has 1 aliphatic rings. The third-order valence-electron chi connectivity index (χ3n) is 6.22. The Morgan fingerprint density at radius 1 is 1.18 bits per heavy atom. The highest BCUT2D eigenvalue weighted by Gasteiger charge is 2.45. The molecule has 10 heteroatoms. The maximum atomic E-state index is 13.8. The Morgan fingerprint density at radius 2 is 2.00 bits per heavy atom. The second kappa shape index (κ2) is 10.6. The van der Waals surface area contributed by atoms with E-state index in [0.717, 1.165) is 24.2 Å². The van der Waals surface area contributed by atoms with Gasteiger partial charge in [0.2, 0.25) is 5.76 Å². The number of hydrogen-bond acceptors (Lipinski definition) is 8. The zero-order valence-corrected chi connectivity index (χ0v) is 22.6. The van der Waals surface area contributed by atoms with Crippen LogP contribution >= 0.6 is 22.9 Å². The van der Waals surface area contributed by atoms with Gasteiger partial charge in [0.25, 0.3) is 5.91 Å². The Bertz CT molecular complexity index is 1610. The topological polar surface area (TPSA) is 98.9 Å². The van der Waals surface area contributed by atoms with Crippen molar-refractivity contribution in [3.8, 4) is 5.75 Å². The Balaban J connectivity index is 1.70. The van der Waals surface area contributed by atoms with E-state index in [1.54, 1.807) is 26.0 Å². The minimum atomic E-state index is -0.854. The minimum absolute atomic E-state index is 0.0716. The summed E-state index contributed by atoms with van der Waals surface area (Å²) in [7, 11) is 0. The van der Waals surface area contributed by atoms with Gasteiger partial charge in [-0.1, -0.05) is 48.4 Å². The van der Waals surface area contributed by atoms with E-state index in [-0.39, 0.29) is 44.3 Å². The number of nitrogens with zero attached hydrogens (tertiary/aromatic N) is 2. The maximum absolute atomic E-state index is 13.8. The van der Waals surface area contributed by atoms with Crippen LogP contribution < -0.4 is 15.1 Å². The zero-order valence-electron chi connectivity index (χ0n) is 21.1. The third-order valence-corrected chi connectivity index (χ3v) is 7.60. The van der Waals surface area contributed by atoms with Gasteiger partial charge in [0.1, 0.15) is 16.2 Å². The largest absolute Gasteiger partial charge is 0.494 e. The Labute approximate surface area is 227 Å². The molecule has 196 valence electrons. The van der Waals surface area contributed by atoms with Gasteiger partial charge in [-0.05, 0) is 56.2 Å². The number of carbonyl (C=O) groups excluding carboxylic acids is 2. The van der Waals surface area contributed by atoms with E-state index in [1.165, 1.54) is 11.0 Å². The lowest BCUT2D eigenvalue weighted by Gasteiger charge is -2.23. The molecule has 0 saturated heterocycles. The van der Waals surface area contributed by atoms with Crippen molar-refractivity contribution in [1.82, 2.24) is 4.98 Å². The number of rotatable bonds is 8.